The highest BCUT2D eigenvalue weighted by molar-refractivity contribution is 5.95. The van der Waals surface area contributed by atoms with Crippen molar-refractivity contribution in [3.8, 4) is 0 Å². The zero-order valence-corrected chi connectivity index (χ0v) is 16.3. The van der Waals surface area contributed by atoms with Crippen LogP contribution < -0.4 is 15.5 Å². The average Bonchev–Trinajstić information content (AvgIpc) is 3.28. The second kappa shape index (κ2) is 9.77. The number of nitrogens with one attached hydrogen (secondary N) is 2. The fourth-order valence-corrected chi connectivity index (χ4v) is 3.10. The first-order valence-electron chi connectivity index (χ1n) is 9.69. The second-order valence-corrected chi connectivity index (χ2v) is 6.92. The minimum Gasteiger partial charge on any atom is -0.459 e. The lowest BCUT2D eigenvalue weighted by atomic mass is 10.1. The molecule has 0 saturated carbocycles. The molecule has 1 atom stereocenters. The van der Waals surface area contributed by atoms with E-state index in [1.54, 1.807) is 6.07 Å². The summed E-state index contributed by atoms with van der Waals surface area (Å²) in [4.78, 5) is 38.2. The summed E-state index contributed by atoms with van der Waals surface area (Å²) in [5.74, 6) is -1.60. The van der Waals surface area contributed by atoms with Gasteiger partial charge in [-0.15, -0.1) is 0 Å². The van der Waals surface area contributed by atoms with Gasteiger partial charge in [0.25, 0.3) is 11.8 Å². The molecule has 29 heavy (non-hydrogen) atoms. The maximum atomic E-state index is 12.0. The molecule has 8 nitrogen and oxygen atoms in total. The van der Waals surface area contributed by atoms with Crippen LogP contribution >= 0.6 is 0 Å². The highest BCUT2D eigenvalue weighted by atomic mass is 16.5. The lowest BCUT2D eigenvalue weighted by molar-refractivity contribution is -0.148. The number of amides is 2. The lowest BCUT2D eigenvalue weighted by Gasteiger charge is -2.28. The van der Waals surface area contributed by atoms with E-state index < -0.39 is 30.4 Å². The van der Waals surface area contributed by atoms with E-state index in [1.807, 2.05) is 24.3 Å². The van der Waals surface area contributed by atoms with Gasteiger partial charge in [0.1, 0.15) is 6.04 Å². The second-order valence-electron chi connectivity index (χ2n) is 6.92. The monoisotopic (exact) mass is 399 g/mol. The molecule has 0 spiro atoms. The average molecular weight is 399 g/mol. The summed E-state index contributed by atoms with van der Waals surface area (Å²) in [5.41, 5.74) is 1.77. The van der Waals surface area contributed by atoms with E-state index >= 15 is 0 Å². The van der Waals surface area contributed by atoms with E-state index in [9.17, 15) is 14.4 Å². The van der Waals surface area contributed by atoms with Crippen LogP contribution in [0.3, 0.4) is 0 Å². The van der Waals surface area contributed by atoms with Crippen molar-refractivity contribution in [3.05, 3.63) is 48.4 Å². The summed E-state index contributed by atoms with van der Waals surface area (Å²) in [7, 11) is 0. The number of benzene rings is 1. The molecule has 1 aliphatic rings. The van der Waals surface area contributed by atoms with Gasteiger partial charge in [0.2, 0.25) is 0 Å². The van der Waals surface area contributed by atoms with Crippen LogP contribution in [0.1, 0.15) is 36.7 Å². The van der Waals surface area contributed by atoms with Crippen LogP contribution in [0.5, 0.6) is 0 Å². The van der Waals surface area contributed by atoms with Crippen molar-refractivity contribution in [2.45, 2.75) is 32.2 Å². The molecule has 0 unspecified atom stereocenters. The maximum Gasteiger partial charge on any atom is 0.328 e. The van der Waals surface area contributed by atoms with E-state index in [4.69, 9.17) is 9.15 Å². The number of esters is 1. The molecule has 154 valence electrons. The van der Waals surface area contributed by atoms with Crippen LogP contribution in [0.15, 0.2) is 47.1 Å². The first kappa shape index (κ1) is 20.4. The van der Waals surface area contributed by atoms with Gasteiger partial charge in [0.05, 0.1) is 6.26 Å². The Kier molecular flexibility index (Phi) is 6.89. The fraction of sp³-hybridized carbons (Fsp3) is 0.381. The Bertz CT molecular complexity index is 827. The number of carbonyl (C=O) groups excluding carboxylic acids is 3. The Morgan fingerprint density at radius 2 is 1.83 bits per heavy atom. The lowest BCUT2D eigenvalue weighted by Crippen LogP contribution is -2.40. The zero-order chi connectivity index (χ0) is 20.6. The quantitative estimate of drug-likeness (QED) is 0.694. The predicted octanol–water partition coefficient (Wildman–Crippen LogP) is 2.57. The standard InChI is InChI=1S/C21H25N3O5/c1-15(22-20(26)18-6-5-13-28-18)21(27)29-14-19(25)23-16-7-9-17(10-8-16)24-11-3-2-4-12-24/h5-10,13,15H,2-4,11-12,14H2,1H3,(H,22,26)(H,23,25)/t15-/m0/s1. The summed E-state index contributed by atoms with van der Waals surface area (Å²) in [6.45, 7) is 3.14. The van der Waals surface area contributed by atoms with Gasteiger partial charge in [-0.3, -0.25) is 9.59 Å². The number of furan rings is 1. The zero-order valence-electron chi connectivity index (χ0n) is 16.3. The van der Waals surface area contributed by atoms with E-state index in [2.05, 4.69) is 15.5 Å². The third-order valence-corrected chi connectivity index (χ3v) is 4.66. The van der Waals surface area contributed by atoms with Gasteiger partial charge in [-0.25, -0.2) is 4.79 Å². The Hall–Kier alpha value is -3.29. The number of nitrogens with zero attached hydrogens (tertiary/aromatic N) is 1. The Morgan fingerprint density at radius 3 is 2.48 bits per heavy atom. The van der Waals surface area contributed by atoms with Gasteiger partial charge in [0.15, 0.2) is 12.4 Å². The first-order valence-corrected chi connectivity index (χ1v) is 9.69. The van der Waals surface area contributed by atoms with Crippen molar-refractivity contribution < 1.29 is 23.5 Å². The Balaban J connectivity index is 1.41. The van der Waals surface area contributed by atoms with E-state index in [1.165, 1.54) is 38.5 Å². The SMILES string of the molecule is C[C@H](NC(=O)c1ccco1)C(=O)OCC(=O)Nc1ccc(N2CCCCC2)cc1. The molecule has 2 aromatic rings. The minimum absolute atomic E-state index is 0.0930. The largest absolute Gasteiger partial charge is 0.459 e. The fourth-order valence-electron chi connectivity index (χ4n) is 3.10. The van der Waals surface area contributed by atoms with E-state index in [0.717, 1.165) is 18.8 Å². The smallest absolute Gasteiger partial charge is 0.328 e. The van der Waals surface area contributed by atoms with Crippen LogP contribution in [-0.4, -0.2) is 43.5 Å². The maximum absolute atomic E-state index is 12.0. The summed E-state index contributed by atoms with van der Waals surface area (Å²) in [6, 6.07) is 9.74. The van der Waals surface area contributed by atoms with Gasteiger partial charge in [-0.1, -0.05) is 0 Å². The topological polar surface area (TPSA) is 101 Å². The molecule has 1 aromatic carbocycles. The third kappa shape index (κ3) is 5.84. The summed E-state index contributed by atoms with van der Waals surface area (Å²) in [6.07, 6.45) is 5.03. The van der Waals surface area contributed by atoms with Gasteiger partial charge in [-0.2, -0.15) is 0 Å². The molecule has 0 aliphatic carbocycles. The highest BCUT2D eigenvalue weighted by Gasteiger charge is 2.20. The van der Waals surface area contributed by atoms with Crippen LogP contribution in [-0.2, 0) is 14.3 Å². The van der Waals surface area contributed by atoms with Crippen molar-refractivity contribution in [1.82, 2.24) is 5.32 Å². The number of carbonyl (C=O) groups is 3. The number of ether oxygens (including phenoxy) is 1. The number of hydrogen-bond donors (Lipinski definition) is 2. The molecule has 8 heteroatoms. The molecule has 1 aliphatic heterocycles. The third-order valence-electron chi connectivity index (χ3n) is 4.66. The van der Waals surface area contributed by atoms with Crippen molar-refractivity contribution in [2.75, 3.05) is 29.9 Å². The predicted molar refractivity (Wildman–Crippen MR) is 108 cm³/mol. The molecule has 1 fully saturated rings. The van der Waals surface area contributed by atoms with Crippen molar-refractivity contribution in [3.63, 3.8) is 0 Å². The van der Waals surface area contributed by atoms with Crippen LogP contribution in [0.4, 0.5) is 11.4 Å². The normalized spacial score (nSPS) is 14.7. The van der Waals surface area contributed by atoms with Crippen LogP contribution in [0, 0.1) is 0 Å². The first-order chi connectivity index (χ1) is 14.0. The van der Waals surface area contributed by atoms with Gasteiger partial charge in [-0.05, 0) is 62.6 Å². The molecular formula is C21H25N3O5. The number of rotatable bonds is 7. The minimum atomic E-state index is -0.913. The van der Waals surface area contributed by atoms with Crippen LogP contribution in [0.2, 0.25) is 0 Å². The molecule has 1 aromatic heterocycles. The van der Waals surface area contributed by atoms with Gasteiger partial charge < -0.3 is 24.7 Å². The molecular weight excluding hydrogens is 374 g/mol. The van der Waals surface area contributed by atoms with Crippen molar-refractivity contribution in [2.24, 2.45) is 0 Å². The highest BCUT2D eigenvalue weighted by Crippen LogP contribution is 2.21. The Morgan fingerprint density at radius 1 is 1.10 bits per heavy atom. The molecule has 2 heterocycles. The molecule has 2 N–H and O–H groups in total. The van der Waals surface area contributed by atoms with Crippen molar-refractivity contribution in [1.29, 1.82) is 0 Å². The summed E-state index contributed by atoms with van der Waals surface area (Å²) in [5, 5.41) is 5.14. The summed E-state index contributed by atoms with van der Waals surface area (Å²) < 4.78 is 9.93. The number of hydrogen-bond acceptors (Lipinski definition) is 6. The van der Waals surface area contributed by atoms with Gasteiger partial charge >= 0.3 is 5.97 Å². The molecule has 0 bridgehead atoms. The van der Waals surface area contributed by atoms with E-state index in [-0.39, 0.29) is 5.76 Å². The molecule has 0 radical (unpaired) electrons. The van der Waals surface area contributed by atoms with Crippen molar-refractivity contribution >= 4 is 29.2 Å². The Labute approximate surface area is 169 Å². The molecule has 3 rings (SSSR count). The number of piperidine rings is 1. The number of anilines is 2. The van der Waals surface area contributed by atoms with E-state index in [0.29, 0.717) is 5.69 Å². The van der Waals surface area contributed by atoms with Gasteiger partial charge in [0, 0.05) is 24.5 Å². The van der Waals surface area contributed by atoms with Crippen LogP contribution in [0.25, 0.3) is 0 Å². The molecule has 1 saturated heterocycles. The molecule has 2 amide bonds. The summed E-state index contributed by atoms with van der Waals surface area (Å²) >= 11 is 0.